The van der Waals surface area contributed by atoms with Gasteiger partial charge in [0, 0.05) is 0 Å². The number of carbonyl (C=O) groups excluding carboxylic acids is 1. The lowest BCUT2D eigenvalue weighted by Gasteiger charge is -2.10. The molecule has 0 unspecified atom stereocenters. The zero-order valence-corrected chi connectivity index (χ0v) is 11.2. The van der Waals surface area contributed by atoms with Crippen molar-refractivity contribution in [2.24, 2.45) is 4.99 Å². The van der Waals surface area contributed by atoms with Gasteiger partial charge in [-0.1, -0.05) is 12.1 Å². The van der Waals surface area contributed by atoms with Gasteiger partial charge in [0.2, 0.25) is 0 Å². The molecule has 0 atom stereocenters. The maximum atomic E-state index is 11.5. The molecule has 0 radical (unpaired) electrons. The Morgan fingerprint density at radius 1 is 0.944 bits per heavy atom. The molecule has 0 spiro atoms. The van der Waals surface area contributed by atoms with Crippen LogP contribution in [0.25, 0.3) is 0 Å². The lowest BCUT2D eigenvalue weighted by Crippen LogP contribution is -2.09. The summed E-state index contributed by atoms with van der Waals surface area (Å²) in [6, 6.07) is 6.21. The Kier molecular flexibility index (Phi) is 3.28. The molecule has 0 saturated heterocycles. The summed E-state index contributed by atoms with van der Waals surface area (Å²) < 4.78 is 0. The fourth-order valence-electron chi connectivity index (χ4n) is 1.86. The zero-order valence-electron chi connectivity index (χ0n) is 11.2. The summed E-state index contributed by atoms with van der Waals surface area (Å²) in [5.41, 5.74) is 5.84. The number of aryl methyl sites for hydroxylation is 2. The Labute approximate surface area is 108 Å². The van der Waals surface area contributed by atoms with Crippen molar-refractivity contribution in [2.75, 3.05) is 0 Å². The third-order valence-corrected chi connectivity index (χ3v) is 3.10. The number of ketones is 1. The largest absolute Gasteiger partial charge is 0.290 e. The summed E-state index contributed by atoms with van der Waals surface area (Å²) in [6.07, 6.45) is 3.51. The highest BCUT2D eigenvalue weighted by atomic mass is 16.1. The van der Waals surface area contributed by atoms with Crippen LogP contribution in [0, 0.1) is 13.8 Å². The monoisotopic (exact) mass is 239 g/mol. The summed E-state index contributed by atoms with van der Waals surface area (Å²) in [7, 11) is 0. The van der Waals surface area contributed by atoms with Crippen molar-refractivity contribution in [1.29, 1.82) is 0 Å². The average Bonchev–Trinajstić information content (AvgIpc) is 2.30. The van der Waals surface area contributed by atoms with Crippen LogP contribution in [-0.4, -0.2) is 11.5 Å². The first-order valence-electron chi connectivity index (χ1n) is 6.04. The first-order valence-corrected chi connectivity index (χ1v) is 6.04. The number of carbonyl (C=O) groups is 1. The molecule has 2 heteroatoms. The van der Waals surface area contributed by atoms with E-state index in [1.807, 2.05) is 26.8 Å². The van der Waals surface area contributed by atoms with Gasteiger partial charge in [-0.15, -0.1) is 0 Å². The van der Waals surface area contributed by atoms with Crippen molar-refractivity contribution >= 4 is 17.2 Å². The molecule has 2 nitrogen and oxygen atoms in total. The van der Waals surface area contributed by atoms with E-state index < -0.39 is 0 Å². The van der Waals surface area contributed by atoms with Crippen molar-refractivity contribution in [3.63, 3.8) is 0 Å². The lowest BCUT2D eigenvalue weighted by atomic mass is 9.98. The number of hydrogen-bond donors (Lipinski definition) is 0. The molecule has 0 N–H and O–H groups in total. The topological polar surface area (TPSA) is 29.4 Å². The second-order valence-corrected chi connectivity index (χ2v) is 4.81. The number of hydrogen-bond acceptors (Lipinski definition) is 2. The van der Waals surface area contributed by atoms with Crippen molar-refractivity contribution in [3.05, 3.63) is 52.6 Å². The number of benzene rings is 1. The molecule has 1 aromatic rings. The lowest BCUT2D eigenvalue weighted by molar-refractivity contribution is -0.111. The molecule has 0 heterocycles. The molecule has 0 saturated carbocycles. The third kappa shape index (κ3) is 2.48. The van der Waals surface area contributed by atoms with Crippen molar-refractivity contribution < 1.29 is 4.79 Å². The molecule has 92 valence electrons. The molecule has 1 aliphatic carbocycles. The molecule has 1 aliphatic rings. The second-order valence-electron chi connectivity index (χ2n) is 4.81. The van der Waals surface area contributed by atoms with Crippen molar-refractivity contribution in [2.45, 2.75) is 27.7 Å². The quantitative estimate of drug-likeness (QED) is 0.684. The number of allylic oxidation sites excluding steroid dienone is 4. The Hall–Kier alpha value is -1.96. The van der Waals surface area contributed by atoms with Gasteiger partial charge in [-0.05, 0) is 68.2 Å². The Bertz CT molecular complexity index is 604. The Morgan fingerprint density at radius 2 is 1.67 bits per heavy atom. The van der Waals surface area contributed by atoms with Crippen molar-refractivity contribution in [3.8, 4) is 0 Å². The highest BCUT2D eigenvalue weighted by Crippen LogP contribution is 2.23. The van der Waals surface area contributed by atoms with E-state index >= 15 is 0 Å². The highest BCUT2D eigenvalue weighted by molar-refractivity contribution is 6.22. The van der Waals surface area contributed by atoms with Crippen LogP contribution >= 0.6 is 0 Å². The van der Waals surface area contributed by atoms with Gasteiger partial charge in [0.1, 0.15) is 0 Å². The fraction of sp³-hybridized carbons (Fsp3) is 0.250. The smallest absolute Gasteiger partial charge is 0.181 e. The van der Waals surface area contributed by atoms with Gasteiger partial charge >= 0.3 is 0 Å². The van der Waals surface area contributed by atoms with Gasteiger partial charge in [-0.2, -0.15) is 0 Å². The van der Waals surface area contributed by atoms with Crippen LogP contribution in [0.4, 0.5) is 5.69 Å². The maximum Gasteiger partial charge on any atom is 0.181 e. The van der Waals surface area contributed by atoms with E-state index in [2.05, 4.69) is 30.1 Å². The van der Waals surface area contributed by atoms with Crippen LogP contribution in [0.2, 0.25) is 0 Å². The standard InChI is InChI=1S/C16H17NO/c1-10-5-6-11(2)14(7-10)17-15-8-13(4)16(18)9-12(15)3/h5-9H,1-4H3. The van der Waals surface area contributed by atoms with Gasteiger partial charge in [0.15, 0.2) is 5.78 Å². The van der Waals surface area contributed by atoms with Gasteiger partial charge < -0.3 is 0 Å². The van der Waals surface area contributed by atoms with E-state index in [1.54, 1.807) is 6.08 Å². The van der Waals surface area contributed by atoms with Crippen LogP contribution in [-0.2, 0) is 4.79 Å². The second kappa shape index (κ2) is 4.73. The van der Waals surface area contributed by atoms with Crippen LogP contribution in [0.1, 0.15) is 25.0 Å². The molecular formula is C16H17NO. The first-order chi connectivity index (χ1) is 8.47. The van der Waals surface area contributed by atoms with Gasteiger partial charge in [0.05, 0.1) is 11.4 Å². The fourth-order valence-corrected chi connectivity index (χ4v) is 1.86. The van der Waals surface area contributed by atoms with Crippen LogP contribution in [0.5, 0.6) is 0 Å². The molecule has 0 bridgehead atoms. The van der Waals surface area contributed by atoms with Gasteiger partial charge in [-0.25, -0.2) is 4.99 Å². The minimum atomic E-state index is 0.0763. The summed E-state index contributed by atoms with van der Waals surface area (Å²) in [5.74, 6) is 0.0763. The zero-order chi connectivity index (χ0) is 13.3. The van der Waals surface area contributed by atoms with Crippen LogP contribution in [0.3, 0.4) is 0 Å². The highest BCUT2D eigenvalue weighted by Gasteiger charge is 2.12. The maximum absolute atomic E-state index is 11.5. The summed E-state index contributed by atoms with van der Waals surface area (Å²) in [4.78, 5) is 16.2. The molecule has 0 fully saturated rings. The van der Waals surface area contributed by atoms with E-state index in [1.165, 1.54) is 5.56 Å². The van der Waals surface area contributed by atoms with E-state index in [0.717, 1.165) is 28.1 Å². The van der Waals surface area contributed by atoms with Crippen LogP contribution in [0.15, 0.2) is 46.5 Å². The van der Waals surface area contributed by atoms with Crippen LogP contribution < -0.4 is 0 Å². The number of rotatable bonds is 1. The predicted molar refractivity (Wildman–Crippen MR) is 75.5 cm³/mol. The number of aliphatic imine (C=N–C) groups is 1. The SMILES string of the molecule is CC1=CC(=Nc2cc(C)ccc2C)C(C)=CC1=O. The molecule has 1 aromatic carbocycles. The Balaban J connectivity index is 2.48. The summed E-state index contributed by atoms with van der Waals surface area (Å²) in [5, 5.41) is 0. The normalized spacial score (nSPS) is 17.8. The Morgan fingerprint density at radius 3 is 2.39 bits per heavy atom. The van der Waals surface area contributed by atoms with E-state index in [4.69, 9.17) is 0 Å². The minimum absolute atomic E-state index is 0.0763. The van der Waals surface area contributed by atoms with Crippen molar-refractivity contribution in [1.82, 2.24) is 0 Å². The average molecular weight is 239 g/mol. The molecular weight excluding hydrogens is 222 g/mol. The van der Waals surface area contributed by atoms with Gasteiger partial charge in [-0.3, -0.25) is 4.79 Å². The molecule has 0 aliphatic heterocycles. The molecule has 0 aromatic heterocycles. The number of nitrogens with zero attached hydrogens (tertiary/aromatic N) is 1. The van der Waals surface area contributed by atoms with Gasteiger partial charge in [0.25, 0.3) is 0 Å². The predicted octanol–water partition coefficient (Wildman–Crippen LogP) is 3.85. The molecule has 18 heavy (non-hydrogen) atoms. The molecule has 2 rings (SSSR count). The third-order valence-electron chi connectivity index (χ3n) is 3.10. The molecule has 0 amide bonds. The van der Waals surface area contributed by atoms with E-state index in [0.29, 0.717) is 0 Å². The summed E-state index contributed by atoms with van der Waals surface area (Å²) >= 11 is 0. The first kappa shape index (κ1) is 12.5. The minimum Gasteiger partial charge on any atom is -0.290 e. The summed E-state index contributed by atoms with van der Waals surface area (Å²) in [6.45, 7) is 7.84. The van der Waals surface area contributed by atoms with E-state index in [9.17, 15) is 4.79 Å². The van der Waals surface area contributed by atoms with E-state index in [-0.39, 0.29) is 5.78 Å².